The monoisotopic (exact) mass is 206 g/mol. The molecule has 4 heteroatoms. The number of aliphatic carboxylic acids is 1. The molecule has 0 bridgehead atoms. The fraction of sp³-hybridized carbons (Fsp3) is 0.273. The van der Waals surface area contributed by atoms with Crippen LogP contribution in [-0.2, 0) is 15.1 Å². The van der Waals surface area contributed by atoms with Crippen LogP contribution in [0.15, 0.2) is 24.3 Å². The Morgan fingerprint density at radius 1 is 1.47 bits per heavy atom. The average molecular weight is 206 g/mol. The predicted octanol–water partition coefficient (Wildman–Crippen LogP) is 1.55. The minimum atomic E-state index is -1.03. The molecule has 0 aliphatic carbocycles. The van der Waals surface area contributed by atoms with E-state index in [4.69, 9.17) is 9.84 Å². The highest BCUT2D eigenvalue weighted by molar-refractivity contribution is 5.95. The molecule has 1 aliphatic rings. The highest BCUT2D eigenvalue weighted by Gasteiger charge is 2.42. The van der Waals surface area contributed by atoms with E-state index in [9.17, 15) is 9.59 Å². The zero-order valence-electron chi connectivity index (χ0n) is 8.19. The summed E-state index contributed by atoms with van der Waals surface area (Å²) in [5.41, 5.74) is 0.0816. The highest BCUT2D eigenvalue weighted by atomic mass is 16.6. The summed E-state index contributed by atoms with van der Waals surface area (Å²) in [6, 6.07) is 6.86. The van der Waals surface area contributed by atoms with Crippen molar-refractivity contribution < 1.29 is 19.4 Å². The lowest BCUT2D eigenvalue weighted by Gasteiger charge is -2.21. The van der Waals surface area contributed by atoms with Crippen LogP contribution < -0.4 is 0 Å². The summed E-state index contributed by atoms with van der Waals surface area (Å²) in [5.74, 6) is -1.43. The van der Waals surface area contributed by atoms with Gasteiger partial charge in [0.1, 0.15) is 5.60 Å². The standard InChI is InChI=1S/C11H10O4/c1-11(6-9(12)13)8-5-3-2-4-7(8)10(14)15-11/h2-5H,6H2,1H3,(H,12,13). The van der Waals surface area contributed by atoms with Gasteiger partial charge in [0.05, 0.1) is 12.0 Å². The zero-order chi connectivity index (χ0) is 11.1. The SMILES string of the molecule is CC1(CC(=O)O)OC(=O)c2ccccc21. The molecule has 0 saturated carbocycles. The van der Waals surface area contributed by atoms with Gasteiger partial charge in [-0.15, -0.1) is 0 Å². The topological polar surface area (TPSA) is 63.6 Å². The second-order valence-electron chi connectivity index (χ2n) is 3.74. The number of carbonyl (C=O) groups excluding carboxylic acids is 1. The number of carboxylic acid groups (broad SMARTS) is 1. The van der Waals surface area contributed by atoms with E-state index in [1.54, 1.807) is 31.2 Å². The van der Waals surface area contributed by atoms with Crippen molar-refractivity contribution in [2.24, 2.45) is 0 Å². The molecular formula is C11H10O4. The molecule has 0 radical (unpaired) electrons. The van der Waals surface area contributed by atoms with Gasteiger partial charge in [-0.1, -0.05) is 18.2 Å². The molecule has 1 atom stereocenters. The Balaban J connectivity index is 2.47. The van der Waals surface area contributed by atoms with E-state index in [1.165, 1.54) is 0 Å². The Kier molecular flexibility index (Phi) is 2.00. The number of rotatable bonds is 2. The van der Waals surface area contributed by atoms with Crippen molar-refractivity contribution in [3.8, 4) is 0 Å². The molecular weight excluding hydrogens is 196 g/mol. The molecule has 0 spiro atoms. The molecule has 1 unspecified atom stereocenters. The number of cyclic esters (lactones) is 1. The van der Waals surface area contributed by atoms with Crippen LogP contribution in [0.2, 0.25) is 0 Å². The van der Waals surface area contributed by atoms with Crippen LogP contribution in [0.4, 0.5) is 0 Å². The van der Waals surface area contributed by atoms with Crippen molar-refractivity contribution in [2.75, 3.05) is 0 Å². The summed E-state index contributed by atoms with van der Waals surface area (Å²) in [6.07, 6.45) is -0.213. The number of ether oxygens (including phenoxy) is 1. The number of fused-ring (bicyclic) bond motifs is 1. The summed E-state index contributed by atoms with van der Waals surface area (Å²) >= 11 is 0. The minimum absolute atomic E-state index is 0.213. The van der Waals surface area contributed by atoms with Gasteiger partial charge >= 0.3 is 11.9 Å². The maximum absolute atomic E-state index is 11.4. The van der Waals surface area contributed by atoms with E-state index in [1.807, 2.05) is 0 Å². The van der Waals surface area contributed by atoms with Crippen molar-refractivity contribution >= 4 is 11.9 Å². The fourth-order valence-corrected chi connectivity index (χ4v) is 1.86. The van der Waals surface area contributed by atoms with E-state index >= 15 is 0 Å². The smallest absolute Gasteiger partial charge is 0.339 e. The Hall–Kier alpha value is -1.84. The lowest BCUT2D eigenvalue weighted by molar-refractivity contribution is -0.142. The Labute approximate surface area is 86.5 Å². The van der Waals surface area contributed by atoms with Crippen LogP contribution in [-0.4, -0.2) is 17.0 Å². The van der Waals surface area contributed by atoms with E-state index < -0.39 is 17.5 Å². The van der Waals surface area contributed by atoms with E-state index in [0.717, 1.165) is 0 Å². The first kappa shape index (κ1) is 9.71. The third-order valence-electron chi connectivity index (χ3n) is 2.52. The molecule has 1 aromatic carbocycles. The van der Waals surface area contributed by atoms with Crippen LogP contribution in [0.3, 0.4) is 0 Å². The molecule has 2 rings (SSSR count). The number of carboxylic acids is 1. The van der Waals surface area contributed by atoms with Gasteiger partial charge in [0.25, 0.3) is 0 Å². The summed E-state index contributed by atoms with van der Waals surface area (Å²) in [5, 5.41) is 8.76. The van der Waals surface area contributed by atoms with Crippen LogP contribution in [0, 0.1) is 0 Å². The fourth-order valence-electron chi connectivity index (χ4n) is 1.86. The molecule has 1 N–H and O–H groups in total. The van der Waals surface area contributed by atoms with Gasteiger partial charge in [0.15, 0.2) is 0 Å². The highest BCUT2D eigenvalue weighted by Crippen LogP contribution is 2.38. The second-order valence-corrected chi connectivity index (χ2v) is 3.74. The molecule has 0 fully saturated rings. The van der Waals surface area contributed by atoms with Crippen molar-refractivity contribution in [1.82, 2.24) is 0 Å². The normalized spacial score (nSPS) is 23.4. The summed E-state index contributed by atoms with van der Waals surface area (Å²) < 4.78 is 5.11. The first-order chi connectivity index (χ1) is 7.03. The van der Waals surface area contributed by atoms with Crippen molar-refractivity contribution in [1.29, 1.82) is 0 Å². The molecule has 1 aromatic rings. The van der Waals surface area contributed by atoms with Crippen molar-refractivity contribution in [3.63, 3.8) is 0 Å². The second kappa shape index (κ2) is 3.08. The summed E-state index contributed by atoms with van der Waals surface area (Å²) in [6.45, 7) is 1.62. The van der Waals surface area contributed by atoms with Crippen LogP contribution in [0.5, 0.6) is 0 Å². The average Bonchev–Trinajstić information content (AvgIpc) is 2.39. The third kappa shape index (κ3) is 1.48. The largest absolute Gasteiger partial charge is 0.481 e. The number of carbonyl (C=O) groups is 2. The van der Waals surface area contributed by atoms with Gasteiger partial charge in [-0.25, -0.2) is 4.79 Å². The van der Waals surface area contributed by atoms with Gasteiger partial charge < -0.3 is 9.84 Å². The van der Waals surface area contributed by atoms with Gasteiger partial charge in [-0.2, -0.15) is 0 Å². The number of hydrogen-bond donors (Lipinski definition) is 1. The van der Waals surface area contributed by atoms with Gasteiger partial charge in [-0.05, 0) is 13.0 Å². The molecule has 0 aromatic heterocycles. The lowest BCUT2D eigenvalue weighted by Crippen LogP contribution is -2.25. The Morgan fingerprint density at radius 2 is 2.13 bits per heavy atom. The van der Waals surface area contributed by atoms with E-state index in [2.05, 4.69) is 0 Å². The van der Waals surface area contributed by atoms with Crippen LogP contribution in [0.1, 0.15) is 29.3 Å². The summed E-state index contributed by atoms with van der Waals surface area (Å²) in [7, 11) is 0. The Morgan fingerprint density at radius 3 is 2.80 bits per heavy atom. The van der Waals surface area contributed by atoms with Crippen LogP contribution >= 0.6 is 0 Å². The lowest BCUT2D eigenvalue weighted by atomic mass is 9.91. The van der Waals surface area contributed by atoms with Gasteiger partial charge in [-0.3, -0.25) is 4.79 Å². The first-order valence-corrected chi connectivity index (χ1v) is 4.57. The molecule has 1 heterocycles. The Bertz CT molecular complexity index is 434. The number of hydrogen-bond acceptors (Lipinski definition) is 3. The van der Waals surface area contributed by atoms with Gasteiger partial charge in [0.2, 0.25) is 0 Å². The molecule has 15 heavy (non-hydrogen) atoms. The van der Waals surface area contributed by atoms with Crippen LogP contribution in [0.25, 0.3) is 0 Å². The maximum atomic E-state index is 11.4. The summed E-state index contributed by atoms with van der Waals surface area (Å²) in [4.78, 5) is 22.1. The molecule has 0 saturated heterocycles. The molecule has 0 amide bonds. The van der Waals surface area contributed by atoms with Crippen molar-refractivity contribution in [3.05, 3.63) is 35.4 Å². The first-order valence-electron chi connectivity index (χ1n) is 4.57. The number of benzene rings is 1. The quantitative estimate of drug-likeness (QED) is 0.745. The number of esters is 1. The predicted molar refractivity (Wildman–Crippen MR) is 51.5 cm³/mol. The maximum Gasteiger partial charge on any atom is 0.339 e. The third-order valence-corrected chi connectivity index (χ3v) is 2.52. The van der Waals surface area contributed by atoms with Gasteiger partial charge in [0, 0.05) is 5.56 Å². The molecule has 78 valence electrons. The van der Waals surface area contributed by atoms with E-state index in [-0.39, 0.29) is 6.42 Å². The molecule has 4 nitrogen and oxygen atoms in total. The van der Waals surface area contributed by atoms with E-state index in [0.29, 0.717) is 11.1 Å². The van der Waals surface area contributed by atoms with Crippen molar-refractivity contribution in [2.45, 2.75) is 18.9 Å². The zero-order valence-corrected chi connectivity index (χ0v) is 8.19. The minimum Gasteiger partial charge on any atom is -0.481 e. The molecule has 1 aliphatic heterocycles.